The molecular weight excluding hydrogens is 272 g/mol. The lowest BCUT2D eigenvalue weighted by Crippen LogP contribution is -2.45. The van der Waals surface area contributed by atoms with Gasteiger partial charge in [0.1, 0.15) is 5.82 Å². The first kappa shape index (κ1) is 15.5. The van der Waals surface area contributed by atoms with Crippen LogP contribution in [0.25, 0.3) is 0 Å². The zero-order valence-corrected chi connectivity index (χ0v) is 12.5. The predicted octanol–water partition coefficient (Wildman–Crippen LogP) is 1.38. The number of carboxylic acid groups (broad SMARTS) is 1. The molecule has 0 unspecified atom stereocenters. The van der Waals surface area contributed by atoms with Crippen LogP contribution in [0.1, 0.15) is 56.0 Å². The van der Waals surface area contributed by atoms with E-state index in [2.05, 4.69) is 27.4 Å². The van der Waals surface area contributed by atoms with Gasteiger partial charge in [-0.15, -0.1) is 5.10 Å². The van der Waals surface area contributed by atoms with E-state index in [0.29, 0.717) is 31.0 Å². The van der Waals surface area contributed by atoms with E-state index in [1.54, 1.807) is 0 Å². The first-order valence-electron chi connectivity index (χ1n) is 7.40. The third kappa shape index (κ3) is 3.40. The van der Waals surface area contributed by atoms with Gasteiger partial charge in [-0.3, -0.25) is 14.7 Å². The molecule has 2 rings (SSSR count). The quantitative estimate of drug-likeness (QED) is 0.760. The number of aromatic amines is 1. The van der Waals surface area contributed by atoms with Crippen molar-refractivity contribution in [1.82, 2.24) is 20.5 Å². The van der Waals surface area contributed by atoms with Crippen molar-refractivity contribution in [1.29, 1.82) is 0 Å². The fourth-order valence-corrected chi connectivity index (χ4v) is 2.66. The second-order valence-electron chi connectivity index (χ2n) is 5.91. The summed E-state index contributed by atoms with van der Waals surface area (Å²) in [6, 6.07) is 0. The molecule has 1 aromatic rings. The summed E-state index contributed by atoms with van der Waals surface area (Å²) in [5.41, 5.74) is -0.855. The van der Waals surface area contributed by atoms with Crippen molar-refractivity contribution >= 4 is 11.9 Å². The Morgan fingerprint density at radius 2 is 2.10 bits per heavy atom. The Hall–Kier alpha value is -1.92. The van der Waals surface area contributed by atoms with Crippen molar-refractivity contribution in [3.05, 3.63) is 11.6 Å². The van der Waals surface area contributed by atoms with Gasteiger partial charge in [-0.1, -0.05) is 13.8 Å². The number of hydrogen-bond acceptors (Lipinski definition) is 4. The van der Waals surface area contributed by atoms with Gasteiger partial charge in [0, 0.05) is 13.0 Å². The van der Waals surface area contributed by atoms with Gasteiger partial charge in [-0.2, -0.15) is 0 Å². The lowest BCUT2D eigenvalue weighted by atomic mass is 9.71. The molecule has 21 heavy (non-hydrogen) atoms. The number of nitrogens with one attached hydrogen (secondary N) is 2. The van der Waals surface area contributed by atoms with Crippen LogP contribution >= 0.6 is 0 Å². The summed E-state index contributed by atoms with van der Waals surface area (Å²) >= 11 is 0. The molecule has 0 bridgehead atoms. The average molecular weight is 294 g/mol. The molecule has 1 saturated carbocycles. The van der Waals surface area contributed by atoms with Gasteiger partial charge in [-0.05, 0) is 31.6 Å². The van der Waals surface area contributed by atoms with Crippen molar-refractivity contribution in [2.45, 2.75) is 46.0 Å². The zero-order valence-electron chi connectivity index (χ0n) is 12.5. The Labute approximate surface area is 123 Å². The minimum absolute atomic E-state index is 0.0663. The maximum atomic E-state index is 12.0. The predicted molar refractivity (Wildman–Crippen MR) is 75.8 cm³/mol. The highest BCUT2D eigenvalue weighted by Gasteiger charge is 2.41. The number of carboxylic acids is 1. The summed E-state index contributed by atoms with van der Waals surface area (Å²) in [6.07, 6.45) is 3.61. The Morgan fingerprint density at radius 1 is 1.43 bits per heavy atom. The SMILES string of the molecule is CCc1nc(C(=O)NCC2(C(=O)O)CCC(C)CC2)n[nH]1. The third-order valence-electron chi connectivity index (χ3n) is 4.34. The number of aliphatic carboxylic acids is 1. The highest BCUT2D eigenvalue weighted by Crippen LogP contribution is 2.38. The van der Waals surface area contributed by atoms with Crippen molar-refractivity contribution in [2.24, 2.45) is 11.3 Å². The number of carbonyl (C=O) groups is 2. The Bertz CT molecular complexity index is 518. The van der Waals surface area contributed by atoms with Gasteiger partial charge in [0.05, 0.1) is 5.41 Å². The molecule has 0 aliphatic heterocycles. The third-order valence-corrected chi connectivity index (χ3v) is 4.34. The normalized spacial score (nSPS) is 25.5. The van der Waals surface area contributed by atoms with Crippen LogP contribution < -0.4 is 5.32 Å². The number of H-pyrrole nitrogens is 1. The molecule has 7 heteroatoms. The second kappa shape index (κ2) is 6.24. The van der Waals surface area contributed by atoms with Crippen LogP contribution in [0.15, 0.2) is 0 Å². The van der Waals surface area contributed by atoms with E-state index in [1.165, 1.54) is 0 Å². The molecule has 1 aliphatic carbocycles. The molecule has 0 radical (unpaired) electrons. The first-order valence-corrected chi connectivity index (χ1v) is 7.40. The molecule has 0 saturated heterocycles. The van der Waals surface area contributed by atoms with Crippen molar-refractivity contribution in [3.8, 4) is 0 Å². The van der Waals surface area contributed by atoms with Gasteiger partial charge in [0.15, 0.2) is 0 Å². The van der Waals surface area contributed by atoms with Crippen molar-refractivity contribution < 1.29 is 14.7 Å². The largest absolute Gasteiger partial charge is 0.481 e. The molecule has 0 aromatic carbocycles. The summed E-state index contributed by atoms with van der Waals surface area (Å²) in [5, 5.41) is 18.7. The summed E-state index contributed by atoms with van der Waals surface area (Å²) < 4.78 is 0. The van der Waals surface area contributed by atoms with E-state index in [-0.39, 0.29) is 12.4 Å². The molecule has 116 valence electrons. The van der Waals surface area contributed by atoms with Crippen molar-refractivity contribution in [3.63, 3.8) is 0 Å². The fourth-order valence-electron chi connectivity index (χ4n) is 2.66. The van der Waals surface area contributed by atoms with E-state index in [1.807, 2.05) is 6.92 Å². The highest BCUT2D eigenvalue weighted by atomic mass is 16.4. The van der Waals surface area contributed by atoms with Crippen LogP contribution in [0.5, 0.6) is 0 Å². The molecule has 1 heterocycles. The Kier molecular flexibility index (Phi) is 4.59. The number of carbonyl (C=O) groups excluding carboxylic acids is 1. The van der Waals surface area contributed by atoms with Crippen molar-refractivity contribution in [2.75, 3.05) is 6.54 Å². The molecule has 0 atom stereocenters. The number of aromatic nitrogens is 3. The van der Waals surface area contributed by atoms with Crippen LogP contribution in [0.3, 0.4) is 0 Å². The lowest BCUT2D eigenvalue weighted by Gasteiger charge is -2.35. The van der Waals surface area contributed by atoms with Crippen LogP contribution in [0, 0.1) is 11.3 Å². The smallest absolute Gasteiger partial charge is 0.311 e. The minimum atomic E-state index is -0.855. The Balaban J connectivity index is 1.99. The number of nitrogens with zero attached hydrogens (tertiary/aromatic N) is 2. The summed E-state index contributed by atoms with van der Waals surface area (Å²) in [6.45, 7) is 4.17. The van der Waals surface area contributed by atoms with E-state index >= 15 is 0 Å². The molecule has 3 N–H and O–H groups in total. The highest BCUT2D eigenvalue weighted by molar-refractivity contribution is 5.90. The maximum Gasteiger partial charge on any atom is 0.311 e. The first-order chi connectivity index (χ1) is 9.97. The summed E-state index contributed by atoms with van der Waals surface area (Å²) in [5.74, 6) is -0.00594. The van der Waals surface area contributed by atoms with E-state index in [4.69, 9.17) is 0 Å². The standard InChI is InChI=1S/C14H22N4O3/c1-3-10-16-11(18-17-10)12(19)15-8-14(13(20)21)6-4-9(2)5-7-14/h9H,3-8H2,1-2H3,(H,15,19)(H,20,21)(H,16,17,18). The fraction of sp³-hybridized carbons (Fsp3) is 0.714. The van der Waals surface area contributed by atoms with Gasteiger partial charge in [-0.25, -0.2) is 4.98 Å². The van der Waals surface area contributed by atoms with E-state index in [0.717, 1.165) is 12.8 Å². The van der Waals surface area contributed by atoms with E-state index < -0.39 is 17.3 Å². The number of rotatable bonds is 5. The number of aryl methyl sites for hydroxylation is 1. The molecule has 1 fully saturated rings. The monoisotopic (exact) mass is 294 g/mol. The van der Waals surface area contributed by atoms with Crippen LogP contribution in [-0.2, 0) is 11.2 Å². The van der Waals surface area contributed by atoms with Gasteiger partial charge in [0.2, 0.25) is 5.82 Å². The second-order valence-corrected chi connectivity index (χ2v) is 5.91. The van der Waals surface area contributed by atoms with Crippen LogP contribution in [0.4, 0.5) is 0 Å². The van der Waals surface area contributed by atoms with Gasteiger partial charge < -0.3 is 10.4 Å². The summed E-state index contributed by atoms with van der Waals surface area (Å²) in [4.78, 5) is 27.6. The molecule has 1 aliphatic rings. The number of amides is 1. The lowest BCUT2D eigenvalue weighted by molar-refractivity contribution is -0.151. The van der Waals surface area contributed by atoms with Gasteiger partial charge in [0.25, 0.3) is 5.91 Å². The molecule has 1 amide bonds. The minimum Gasteiger partial charge on any atom is -0.481 e. The summed E-state index contributed by atoms with van der Waals surface area (Å²) in [7, 11) is 0. The average Bonchev–Trinajstić information content (AvgIpc) is 2.95. The molecular formula is C14H22N4O3. The molecule has 0 spiro atoms. The molecule has 7 nitrogen and oxygen atoms in total. The van der Waals surface area contributed by atoms with Crippen LogP contribution in [-0.4, -0.2) is 38.7 Å². The molecule has 1 aromatic heterocycles. The van der Waals surface area contributed by atoms with E-state index in [9.17, 15) is 14.7 Å². The Morgan fingerprint density at radius 3 is 2.62 bits per heavy atom. The number of hydrogen-bond donors (Lipinski definition) is 3. The zero-order chi connectivity index (χ0) is 15.5. The topological polar surface area (TPSA) is 108 Å². The van der Waals surface area contributed by atoms with Gasteiger partial charge >= 0.3 is 5.97 Å². The maximum absolute atomic E-state index is 12.0. The van der Waals surface area contributed by atoms with Crippen LogP contribution in [0.2, 0.25) is 0 Å².